The van der Waals surface area contributed by atoms with Gasteiger partial charge in [-0.2, -0.15) is 0 Å². The van der Waals surface area contributed by atoms with Gasteiger partial charge in [0.25, 0.3) is 0 Å². The van der Waals surface area contributed by atoms with Crippen LogP contribution in [-0.2, 0) is 24.1 Å². The lowest BCUT2D eigenvalue weighted by Crippen LogP contribution is -2.39. The fraction of sp³-hybridized carbons (Fsp3) is 0.464. The first-order valence-corrected chi connectivity index (χ1v) is 12.5. The van der Waals surface area contributed by atoms with E-state index in [0.29, 0.717) is 45.2 Å². The van der Waals surface area contributed by atoms with Crippen molar-refractivity contribution in [2.45, 2.75) is 64.3 Å². The number of unbranched alkanes of at least 4 members (excludes halogenated alkanes) is 2. The average molecular weight is 479 g/mol. The van der Waals surface area contributed by atoms with Crippen LogP contribution in [0.4, 0.5) is 10.5 Å². The second-order valence-corrected chi connectivity index (χ2v) is 9.51. The average Bonchev–Trinajstić information content (AvgIpc) is 3.28. The van der Waals surface area contributed by atoms with E-state index in [9.17, 15) is 19.5 Å². The van der Waals surface area contributed by atoms with Gasteiger partial charge in [0.1, 0.15) is 5.75 Å². The van der Waals surface area contributed by atoms with Crippen LogP contribution in [0.5, 0.6) is 5.75 Å². The summed E-state index contributed by atoms with van der Waals surface area (Å²) in [6.07, 6.45) is 4.36. The van der Waals surface area contributed by atoms with Gasteiger partial charge in [0.15, 0.2) is 5.78 Å². The summed E-state index contributed by atoms with van der Waals surface area (Å²) in [5, 5.41) is 9.72. The maximum atomic E-state index is 12.9. The highest BCUT2D eigenvalue weighted by Crippen LogP contribution is 2.37. The molecule has 7 heteroatoms. The molecule has 2 heterocycles. The number of carbonyl (C=O) groups excluding carboxylic acids is 2. The first-order valence-electron chi connectivity index (χ1n) is 12.5. The third-order valence-electron chi connectivity index (χ3n) is 7.16. The summed E-state index contributed by atoms with van der Waals surface area (Å²) < 4.78 is 5.40. The number of carboxylic acid groups (broad SMARTS) is 1. The van der Waals surface area contributed by atoms with Gasteiger partial charge in [-0.15, -0.1) is 0 Å². The first kappa shape index (κ1) is 24.8. The molecule has 0 aliphatic carbocycles. The monoisotopic (exact) mass is 478 g/mol. The minimum atomic E-state index is -0.928. The molecule has 4 rings (SSSR count). The second-order valence-electron chi connectivity index (χ2n) is 9.51. The number of Topliss-reactive ketones (excluding diaryl/α,β-unsaturated/α-hetero) is 1. The standard InChI is InChI=1S/C28H34N2O5/c1-19(16-20-8-5-6-10-25(20)35-2)29(28(33)34)14-7-3-4-9-24(31)23-17-21-11-12-26(32)30-15-13-22(18-23)27(21)30/h5-6,8,10,17-19H,3-4,7,9,11-16H2,1-2H3,(H,33,34). The van der Waals surface area contributed by atoms with Gasteiger partial charge in [-0.1, -0.05) is 24.6 Å². The zero-order valence-electron chi connectivity index (χ0n) is 20.6. The molecule has 2 amide bonds. The Bertz CT molecular complexity index is 1110. The third-order valence-corrected chi connectivity index (χ3v) is 7.16. The van der Waals surface area contributed by atoms with E-state index in [4.69, 9.17) is 4.74 Å². The number of para-hydroxylation sites is 1. The van der Waals surface area contributed by atoms with E-state index in [-0.39, 0.29) is 17.7 Å². The number of hydrogen-bond donors (Lipinski definition) is 1. The molecule has 0 spiro atoms. The van der Waals surface area contributed by atoms with Gasteiger partial charge in [0.2, 0.25) is 5.91 Å². The molecule has 7 nitrogen and oxygen atoms in total. The topological polar surface area (TPSA) is 87.2 Å². The van der Waals surface area contributed by atoms with E-state index in [2.05, 4.69) is 0 Å². The van der Waals surface area contributed by atoms with Gasteiger partial charge in [0.05, 0.1) is 12.8 Å². The lowest BCUT2D eigenvalue weighted by Gasteiger charge is -2.27. The zero-order valence-corrected chi connectivity index (χ0v) is 20.6. The Morgan fingerprint density at radius 1 is 1.09 bits per heavy atom. The van der Waals surface area contributed by atoms with Crippen molar-refractivity contribution in [3.8, 4) is 5.75 Å². The molecule has 2 aliphatic rings. The molecule has 35 heavy (non-hydrogen) atoms. The lowest BCUT2D eigenvalue weighted by molar-refractivity contribution is -0.118. The van der Waals surface area contributed by atoms with Crippen LogP contribution >= 0.6 is 0 Å². The van der Waals surface area contributed by atoms with Crippen molar-refractivity contribution in [1.82, 2.24) is 4.90 Å². The van der Waals surface area contributed by atoms with Crippen LogP contribution in [0, 0.1) is 0 Å². The fourth-order valence-electron chi connectivity index (χ4n) is 5.31. The quantitative estimate of drug-likeness (QED) is 0.367. The smallest absolute Gasteiger partial charge is 0.407 e. The van der Waals surface area contributed by atoms with E-state index >= 15 is 0 Å². The molecule has 0 radical (unpaired) electrons. The number of benzene rings is 2. The minimum absolute atomic E-state index is 0.124. The van der Waals surface area contributed by atoms with Crippen LogP contribution in [0.25, 0.3) is 0 Å². The van der Waals surface area contributed by atoms with Gasteiger partial charge in [-0.3, -0.25) is 9.59 Å². The molecule has 0 saturated carbocycles. The molecular formula is C28H34N2O5. The Hall–Kier alpha value is -3.35. The highest BCUT2D eigenvalue weighted by atomic mass is 16.5. The molecule has 1 unspecified atom stereocenters. The van der Waals surface area contributed by atoms with Crippen LogP contribution in [0.2, 0.25) is 0 Å². The highest BCUT2D eigenvalue weighted by molar-refractivity contribution is 6.02. The number of ether oxygens (including phenoxy) is 1. The van der Waals surface area contributed by atoms with Gasteiger partial charge in [-0.25, -0.2) is 4.79 Å². The summed E-state index contributed by atoms with van der Waals surface area (Å²) in [6, 6.07) is 11.4. The van der Waals surface area contributed by atoms with Crippen LogP contribution in [-0.4, -0.2) is 54.0 Å². The van der Waals surface area contributed by atoms with Crippen LogP contribution in [0.15, 0.2) is 36.4 Å². The molecule has 0 bridgehead atoms. The number of ketones is 1. The summed E-state index contributed by atoms with van der Waals surface area (Å²) in [7, 11) is 1.62. The molecule has 0 fully saturated rings. The maximum Gasteiger partial charge on any atom is 0.407 e. The van der Waals surface area contributed by atoms with Gasteiger partial charge < -0.3 is 19.6 Å². The zero-order chi connectivity index (χ0) is 24.9. The normalized spacial score (nSPS) is 15.0. The maximum absolute atomic E-state index is 12.9. The van der Waals surface area contributed by atoms with Crippen LogP contribution in [0.1, 0.15) is 66.1 Å². The number of rotatable bonds is 11. The van der Waals surface area contributed by atoms with Gasteiger partial charge in [0, 0.05) is 37.5 Å². The molecule has 2 aromatic rings. The van der Waals surface area contributed by atoms with Gasteiger partial charge >= 0.3 is 6.09 Å². The lowest BCUT2D eigenvalue weighted by atomic mass is 9.94. The molecule has 2 aromatic carbocycles. The number of nitrogens with zero attached hydrogens (tertiary/aromatic N) is 2. The predicted molar refractivity (Wildman–Crippen MR) is 135 cm³/mol. The SMILES string of the molecule is COc1ccccc1CC(C)N(CCCCCC(=O)c1cc2c3c(c1)CCN3C(=O)CC2)C(=O)O. The Balaban J connectivity index is 1.26. The van der Waals surface area contributed by atoms with E-state index in [0.717, 1.165) is 53.0 Å². The molecule has 1 N–H and O–H groups in total. The first-order chi connectivity index (χ1) is 16.9. The molecular weight excluding hydrogens is 444 g/mol. The number of methoxy groups -OCH3 is 1. The number of aryl methyl sites for hydroxylation is 1. The third kappa shape index (κ3) is 5.50. The Labute approximate surface area is 206 Å². The predicted octanol–water partition coefficient (Wildman–Crippen LogP) is 4.88. The van der Waals surface area contributed by atoms with E-state index in [1.165, 1.54) is 4.90 Å². The van der Waals surface area contributed by atoms with Gasteiger partial charge in [-0.05, 0) is 73.9 Å². The summed E-state index contributed by atoms with van der Waals surface area (Å²) in [5.74, 6) is 1.07. The van der Waals surface area contributed by atoms with Crippen molar-refractivity contribution in [1.29, 1.82) is 0 Å². The molecule has 1 atom stereocenters. The number of hydrogen-bond acceptors (Lipinski definition) is 4. The van der Waals surface area contributed by atoms with Crippen molar-refractivity contribution in [2.75, 3.05) is 25.1 Å². The Morgan fingerprint density at radius 3 is 2.57 bits per heavy atom. The van der Waals surface area contributed by atoms with Crippen LogP contribution < -0.4 is 9.64 Å². The minimum Gasteiger partial charge on any atom is -0.496 e. The summed E-state index contributed by atoms with van der Waals surface area (Å²) in [6.45, 7) is 3.07. The highest BCUT2D eigenvalue weighted by Gasteiger charge is 2.32. The molecule has 0 aromatic heterocycles. The van der Waals surface area contributed by atoms with Crippen molar-refractivity contribution < 1.29 is 24.2 Å². The van der Waals surface area contributed by atoms with E-state index < -0.39 is 6.09 Å². The number of carbonyl (C=O) groups is 3. The Morgan fingerprint density at radius 2 is 1.83 bits per heavy atom. The van der Waals surface area contributed by atoms with Crippen molar-refractivity contribution in [3.05, 3.63) is 58.7 Å². The van der Waals surface area contributed by atoms with Crippen molar-refractivity contribution in [2.24, 2.45) is 0 Å². The van der Waals surface area contributed by atoms with E-state index in [1.54, 1.807) is 7.11 Å². The number of anilines is 1. The number of amides is 2. The molecule has 2 aliphatic heterocycles. The largest absolute Gasteiger partial charge is 0.496 e. The van der Waals surface area contributed by atoms with Crippen molar-refractivity contribution in [3.63, 3.8) is 0 Å². The summed E-state index contributed by atoms with van der Waals surface area (Å²) >= 11 is 0. The Kier molecular flexibility index (Phi) is 7.73. The molecule has 0 saturated heterocycles. The van der Waals surface area contributed by atoms with E-state index in [1.807, 2.05) is 48.2 Å². The fourth-order valence-corrected chi connectivity index (χ4v) is 5.31. The second kappa shape index (κ2) is 10.9. The summed E-state index contributed by atoms with van der Waals surface area (Å²) in [5.41, 5.74) is 4.99. The van der Waals surface area contributed by atoms with Crippen LogP contribution in [0.3, 0.4) is 0 Å². The molecule has 186 valence electrons. The van der Waals surface area contributed by atoms with Crippen molar-refractivity contribution >= 4 is 23.5 Å². The summed E-state index contributed by atoms with van der Waals surface area (Å²) in [4.78, 5) is 40.2.